The van der Waals surface area contributed by atoms with E-state index in [0.29, 0.717) is 6.42 Å². The van der Waals surface area contributed by atoms with Crippen LogP contribution in [0.1, 0.15) is 62.5 Å². The zero-order chi connectivity index (χ0) is 24.8. The van der Waals surface area contributed by atoms with Crippen molar-refractivity contribution < 1.29 is 24.2 Å². The third-order valence-electron chi connectivity index (χ3n) is 7.39. The Balaban J connectivity index is 1.32. The Labute approximate surface area is 206 Å². The molecule has 3 unspecified atom stereocenters. The van der Waals surface area contributed by atoms with Crippen molar-refractivity contribution in [3.63, 3.8) is 0 Å². The molecule has 4 rings (SSSR count). The number of ether oxygens (including phenoxy) is 1. The maximum absolute atomic E-state index is 12.8. The lowest BCUT2D eigenvalue weighted by Gasteiger charge is -2.31. The van der Waals surface area contributed by atoms with Crippen molar-refractivity contribution in [2.45, 2.75) is 57.4 Å². The highest BCUT2D eigenvalue weighted by molar-refractivity contribution is 5.79. The number of carbonyl (C=O) groups excluding carboxylic acids is 2. The predicted octanol–water partition coefficient (Wildman–Crippen LogP) is 4.70. The van der Waals surface area contributed by atoms with Crippen LogP contribution in [-0.2, 0) is 14.3 Å². The van der Waals surface area contributed by atoms with Crippen molar-refractivity contribution in [3.8, 4) is 11.1 Å². The number of nitrogens with one attached hydrogen (secondary N) is 2. The zero-order valence-electron chi connectivity index (χ0n) is 20.2. The van der Waals surface area contributed by atoms with Gasteiger partial charge in [-0.2, -0.15) is 0 Å². The molecule has 2 amide bonds. The summed E-state index contributed by atoms with van der Waals surface area (Å²) in [6.07, 6.45) is 3.92. The molecule has 0 spiro atoms. The minimum atomic E-state index is -0.903. The Morgan fingerprint density at radius 3 is 2.26 bits per heavy atom. The molecule has 2 aliphatic carbocycles. The topological polar surface area (TPSA) is 105 Å². The molecule has 7 nitrogen and oxygen atoms in total. The molecule has 186 valence electrons. The summed E-state index contributed by atoms with van der Waals surface area (Å²) in [6, 6.07) is 16.3. The van der Waals surface area contributed by atoms with Crippen LogP contribution in [0.3, 0.4) is 0 Å². The van der Waals surface area contributed by atoms with E-state index in [2.05, 4.69) is 34.9 Å². The molecular weight excluding hydrogens is 444 g/mol. The predicted molar refractivity (Wildman–Crippen MR) is 133 cm³/mol. The molecule has 0 aromatic heterocycles. The molecule has 1 saturated carbocycles. The molecule has 2 aromatic rings. The number of hydrogen-bond acceptors (Lipinski definition) is 4. The monoisotopic (exact) mass is 478 g/mol. The number of alkyl carbamates (subject to hydrolysis) is 1. The van der Waals surface area contributed by atoms with E-state index in [1.165, 1.54) is 22.3 Å². The first-order valence-electron chi connectivity index (χ1n) is 12.6. The Hall–Kier alpha value is -3.35. The molecule has 2 aromatic carbocycles. The minimum Gasteiger partial charge on any atom is -0.481 e. The first-order valence-corrected chi connectivity index (χ1v) is 12.6. The van der Waals surface area contributed by atoms with Crippen LogP contribution in [0.15, 0.2) is 48.5 Å². The fourth-order valence-corrected chi connectivity index (χ4v) is 5.39. The van der Waals surface area contributed by atoms with Crippen molar-refractivity contribution in [3.05, 3.63) is 59.7 Å². The van der Waals surface area contributed by atoms with Crippen molar-refractivity contribution in [2.75, 3.05) is 13.2 Å². The smallest absolute Gasteiger partial charge is 0.407 e. The van der Waals surface area contributed by atoms with Crippen LogP contribution >= 0.6 is 0 Å². The molecule has 35 heavy (non-hydrogen) atoms. The number of fused-ring (bicyclic) bond motifs is 3. The van der Waals surface area contributed by atoms with Gasteiger partial charge in [0.05, 0.1) is 5.92 Å². The highest BCUT2D eigenvalue weighted by Gasteiger charge is 2.31. The summed E-state index contributed by atoms with van der Waals surface area (Å²) < 4.78 is 5.70. The van der Waals surface area contributed by atoms with Gasteiger partial charge in [0, 0.05) is 24.9 Å². The highest BCUT2D eigenvalue weighted by Crippen LogP contribution is 2.44. The summed E-state index contributed by atoms with van der Waals surface area (Å²) in [5.41, 5.74) is 4.70. The van der Waals surface area contributed by atoms with Gasteiger partial charge < -0.3 is 20.5 Å². The van der Waals surface area contributed by atoms with Crippen LogP contribution < -0.4 is 10.6 Å². The molecule has 7 heteroatoms. The third-order valence-corrected chi connectivity index (χ3v) is 7.39. The number of aliphatic carboxylic acids is 1. The zero-order valence-corrected chi connectivity index (χ0v) is 20.2. The Morgan fingerprint density at radius 1 is 1.00 bits per heavy atom. The van der Waals surface area contributed by atoms with E-state index >= 15 is 0 Å². The van der Waals surface area contributed by atoms with E-state index in [9.17, 15) is 19.5 Å². The number of carboxylic acids is 1. The quantitative estimate of drug-likeness (QED) is 0.485. The largest absolute Gasteiger partial charge is 0.481 e. The van der Waals surface area contributed by atoms with E-state index in [1.54, 1.807) is 6.92 Å². The van der Waals surface area contributed by atoms with Crippen molar-refractivity contribution in [1.29, 1.82) is 0 Å². The highest BCUT2D eigenvalue weighted by atomic mass is 16.5. The standard InChI is InChI=1S/C28H34N2O5/c1-2-18(27(32)33)16-29-26(31)15-19-9-3-8-14-25(19)30-28(34)35-17-24-22-12-6-4-10-20(22)21-11-5-7-13-23(21)24/h4-7,10-13,18-19,24-25H,2-3,8-9,14-17H2,1H3,(H,29,31)(H,30,34)(H,32,33). The molecule has 0 saturated heterocycles. The fourth-order valence-electron chi connectivity index (χ4n) is 5.39. The molecule has 0 radical (unpaired) electrons. The van der Waals surface area contributed by atoms with Crippen LogP contribution in [0, 0.1) is 11.8 Å². The maximum atomic E-state index is 12.8. The van der Waals surface area contributed by atoms with Gasteiger partial charge in [0.2, 0.25) is 5.91 Å². The number of rotatable bonds is 9. The first-order chi connectivity index (χ1) is 17.0. The van der Waals surface area contributed by atoms with Gasteiger partial charge in [-0.1, -0.05) is 68.3 Å². The average Bonchev–Trinajstić information content (AvgIpc) is 3.18. The third kappa shape index (κ3) is 5.84. The van der Waals surface area contributed by atoms with E-state index < -0.39 is 18.0 Å². The van der Waals surface area contributed by atoms with E-state index in [-0.39, 0.29) is 43.4 Å². The number of amides is 2. The van der Waals surface area contributed by atoms with Crippen LogP contribution in [0.4, 0.5) is 4.79 Å². The maximum Gasteiger partial charge on any atom is 0.407 e. The van der Waals surface area contributed by atoms with Gasteiger partial charge in [-0.15, -0.1) is 0 Å². The van der Waals surface area contributed by atoms with E-state index in [4.69, 9.17) is 4.74 Å². The van der Waals surface area contributed by atoms with Crippen LogP contribution in [0.25, 0.3) is 11.1 Å². The van der Waals surface area contributed by atoms with Crippen molar-refractivity contribution >= 4 is 18.0 Å². The first kappa shape index (κ1) is 24.8. The average molecular weight is 479 g/mol. The van der Waals surface area contributed by atoms with Gasteiger partial charge in [-0.05, 0) is 47.4 Å². The van der Waals surface area contributed by atoms with Crippen LogP contribution in [0.2, 0.25) is 0 Å². The van der Waals surface area contributed by atoms with Crippen LogP contribution in [-0.4, -0.2) is 42.3 Å². The van der Waals surface area contributed by atoms with E-state index in [0.717, 1.165) is 25.7 Å². The Morgan fingerprint density at radius 2 is 1.63 bits per heavy atom. The fraction of sp³-hybridized carbons (Fsp3) is 0.464. The van der Waals surface area contributed by atoms with Gasteiger partial charge in [-0.3, -0.25) is 9.59 Å². The number of carboxylic acid groups (broad SMARTS) is 1. The van der Waals surface area contributed by atoms with Crippen LogP contribution in [0.5, 0.6) is 0 Å². The van der Waals surface area contributed by atoms with Crippen molar-refractivity contribution in [2.24, 2.45) is 11.8 Å². The summed E-state index contributed by atoms with van der Waals surface area (Å²) in [5, 5.41) is 14.9. The normalized spacial score (nSPS) is 19.8. The second kappa shape index (κ2) is 11.4. The minimum absolute atomic E-state index is 0.00169. The summed E-state index contributed by atoms with van der Waals surface area (Å²) in [7, 11) is 0. The second-order valence-corrected chi connectivity index (χ2v) is 9.57. The van der Waals surface area contributed by atoms with Gasteiger partial charge in [-0.25, -0.2) is 4.79 Å². The number of carbonyl (C=O) groups is 3. The lowest BCUT2D eigenvalue weighted by Crippen LogP contribution is -2.44. The summed E-state index contributed by atoms with van der Waals surface area (Å²) >= 11 is 0. The second-order valence-electron chi connectivity index (χ2n) is 9.57. The molecule has 0 bridgehead atoms. The molecule has 0 heterocycles. The Kier molecular flexibility index (Phi) is 8.06. The summed E-state index contributed by atoms with van der Waals surface area (Å²) in [5.74, 6) is -1.65. The SMILES string of the molecule is CCC(CNC(=O)CC1CCCCC1NC(=O)OCC1c2ccccc2-c2ccccc21)C(=O)O. The van der Waals surface area contributed by atoms with Crippen molar-refractivity contribution in [1.82, 2.24) is 10.6 Å². The molecule has 0 aliphatic heterocycles. The van der Waals surface area contributed by atoms with Gasteiger partial charge >= 0.3 is 12.1 Å². The summed E-state index contributed by atoms with van der Waals surface area (Å²) in [6.45, 7) is 2.17. The lowest BCUT2D eigenvalue weighted by molar-refractivity contribution is -0.141. The summed E-state index contributed by atoms with van der Waals surface area (Å²) in [4.78, 5) is 36.4. The van der Waals surface area contributed by atoms with Gasteiger partial charge in [0.1, 0.15) is 6.61 Å². The molecule has 1 fully saturated rings. The van der Waals surface area contributed by atoms with Gasteiger partial charge in [0.25, 0.3) is 0 Å². The van der Waals surface area contributed by atoms with Gasteiger partial charge in [0.15, 0.2) is 0 Å². The number of benzene rings is 2. The molecular formula is C28H34N2O5. The number of hydrogen-bond donors (Lipinski definition) is 3. The lowest BCUT2D eigenvalue weighted by atomic mass is 9.82. The van der Waals surface area contributed by atoms with E-state index in [1.807, 2.05) is 24.3 Å². The molecule has 2 aliphatic rings. The molecule has 3 atom stereocenters. The molecule has 3 N–H and O–H groups in total. The Bertz CT molecular complexity index is 1020.